The molecule has 0 saturated heterocycles. The second kappa shape index (κ2) is 7.63. The lowest BCUT2D eigenvalue weighted by Gasteiger charge is -2.07. The van der Waals surface area contributed by atoms with Gasteiger partial charge in [-0.15, -0.1) is 0 Å². The Bertz CT molecular complexity index is 973. The molecule has 0 aliphatic carbocycles. The van der Waals surface area contributed by atoms with Crippen LogP contribution in [-0.4, -0.2) is 31.9 Å². The lowest BCUT2D eigenvalue weighted by molar-refractivity contribution is 0.101. The molecule has 0 saturated carbocycles. The van der Waals surface area contributed by atoms with Crippen molar-refractivity contribution in [1.82, 2.24) is 14.5 Å². The van der Waals surface area contributed by atoms with Crippen LogP contribution in [0, 0.1) is 13.8 Å². The number of nitrogens with one attached hydrogen (secondary N) is 1. The van der Waals surface area contributed by atoms with Crippen LogP contribution < -0.4 is 0 Å². The van der Waals surface area contributed by atoms with Crippen molar-refractivity contribution in [2.75, 3.05) is 5.75 Å². The number of hydrogen-bond donors (Lipinski definition) is 1. The summed E-state index contributed by atoms with van der Waals surface area (Å²) in [5.41, 5.74) is 3.54. The number of hydrogen-bond acceptors (Lipinski definition) is 4. The van der Waals surface area contributed by atoms with Gasteiger partial charge in [-0.3, -0.25) is 14.2 Å². The molecule has 2 aromatic heterocycles. The molecule has 1 aromatic carbocycles. The van der Waals surface area contributed by atoms with Crippen molar-refractivity contribution in [3.63, 3.8) is 0 Å². The van der Waals surface area contributed by atoms with E-state index in [-0.39, 0.29) is 17.3 Å². The van der Waals surface area contributed by atoms with Gasteiger partial charge in [-0.05, 0) is 50.6 Å². The maximum absolute atomic E-state index is 12.6. The van der Waals surface area contributed by atoms with Crippen molar-refractivity contribution in [2.45, 2.75) is 25.9 Å². The average Bonchev–Trinajstić information content (AvgIpc) is 3.17. The fourth-order valence-corrected chi connectivity index (χ4v) is 4.06. The number of thioether (sulfide) groups is 1. The normalized spacial score (nSPS) is 10.9. The van der Waals surface area contributed by atoms with Gasteiger partial charge in [-0.2, -0.15) is 0 Å². The number of aryl methyl sites for hydroxylation is 1. The van der Waals surface area contributed by atoms with Gasteiger partial charge in [0.25, 0.3) is 0 Å². The summed E-state index contributed by atoms with van der Waals surface area (Å²) in [6, 6.07) is 7.89. The van der Waals surface area contributed by atoms with Crippen molar-refractivity contribution in [3.8, 4) is 5.69 Å². The Morgan fingerprint density at radius 3 is 2.54 bits per heavy atom. The molecule has 0 bridgehead atoms. The molecule has 3 aromatic rings. The predicted molar refractivity (Wildman–Crippen MR) is 107 cm³/mol. The molecule has 26 heavy (non-hydrogen) atoms. The number of aromatic nitrogens is 3. The minimum absolute atomic E-state index is 0.0336. The first-order valence-corrected chi connectivity index (χ1v) is 9.81. The van der Waals surface area contributed by atoms with Crippen molar-refractivity contribution in [1.29, 1.82) is 0 Å². The first-order valence-electron chi connectivity index (χ1n) is 8.04. The summed E-state index contributed by atoms with van der Waals surface area (Å²) in [6.07, 6.45) is 3.58. The van der Waals surface area contributed by atoms with Crippen molar-refractivity contribution in [2.24, 2.45) is 0 Å². The van der Waals surface area contributed by atoms with Crippen LogP contribution in [0.3, 0.4) is 0 Å². The third-order valence-corrected chi connectivity index (χ3v) is 5.61. The molecule has 0 fully saturated rings. The van der Waals surface area contributed by atoms with E-state index in [2.05, 4.69) is 25.9 Å². The summed E-state index contributed by atoms with van der Waals surface area (Å²) in [5, 5.41) is 0.744. The molecule has 0 spiro atoms. The number of rotatable bonds is 6. The van der Waals surface area contributed by atoms with Gasteiger partial charge in [0.2, 0.25) is 0 Å². The van der Waals surface area contributed by atoms with E-state index in [9.17, 15) is 9.59 Å². The highest BCUT2D eigenvalue weighted by Crippen LogP contribution is 2.24. The summed E-state index contributed by atoms with van der Waals surface area (Å²) in [7, 11) is 0. The Balaban J connectivity index is 1.77. The Labute approximate surface area is 164 Å². The SMILES string of the molecule is CC(=O)c1c(C)[nH]c(C(=O)CSc2nccn2-c2ccc(Br)cc2)c1C. The number of aromatic amines is 1. The first kappa shape index (κ1) is 18.7. The Hall–Kier alpha value is -2.12. The molecule has 0 unspecified atom stereocenters. The minimum Gasteiger partial charge on any atom is -0.355 e. The molecule has 7 heteroatoms. The summed E-state index contributed by atoms with van der Waals surface area (Å²) in [4.78, 5) is 31.8. The van der Waals surface area contributed by atoms with Crippen molar-refractivity contribution in [3.05, 3.63) is 63.6 Å². The predicted octanol–water partition coefficient (Wildman–Crippen LogP) is 4.76. The number of H-pyrrole nitrogens is 1. The Kier molecular flexibility index (Phi) is 5.48. The van der Waals surface area contributed by atoms with Crippen LogP contribution in [0.4, 0.5) is 0 Å². The number of halogens is 1. The fourth-order valence-electron chi connectivity index (χ4n) is 2.95. The van der Waals surface area contributed by atoms with Crippen LogP contribution in [0.5, 0.6) is 0 Å². The number of ketones is 2. The maximum atomic E-state index is 12.6. The summed E-state index contributed by atoms with van der Waals surface area (Å²) < 4.78 is 2.95. The lowest BCUT2D eigenvalue weighted by Crippen LogP contribution is -2.06. The highest BCUT2D eigenvalue weighted by atomic mass is 79.9. The average molecular weight is 432 g/mol. The second-order valence-corrected chi connectivity index (χ2v) is 7.81. The number of carbonyl (C=O) groups excluding carboxylic acids is 2. The van der Waals surface area contributed by atoms with E-state index < -0.39 is 0 Å². The van der Waals surface area contributed by atoms with E-state index in [1.54, 1.807) is 13.1 Å². The van der Waals surface area contributed by atoms with Crippen LogP contribution in [0.25, 0.3) is 5.69 Å². The van der Waals surface area contributed by atoms with Gasteiger partial charge in [0.1, 0.15) is 0 Å². The number of benzene rings is 1. The van der Waals surface area contributed by atoms with Crippen LogP contribution in [0.2, 0.25) is 0 Å². The van der Waals surface area contributed by atoms with E-state index in [0.717, 1.165) is 26.6 Å². The lowest BCUT2D eigenvalue weighted by atomic mass is 10.1. The highest BCUT2D eigenvalue weighted by Gasteiger charge is 2.20. The molecule has 5 nitrogen and oxygen atoms in total. The van der Waals surface area contributed by atoms with Crippen LogP contribution in [0.15, 0.2) is 46.3 Å². The third kappa shape index (κ3) is 3.68. The summed E-state index contributed by atoms with van der Waals surface area (Å²) >= 11 is 4.80. The molecule has 0 aliphatic heterocycles. The Morgan fingerprint density at radius 2 is 1.92 bits per heavy atom. The van der Waals surface area contributed by atoms with Gasteiger partial charge in [0.05, 0.1) is 11.4 Å². The highest BCUT2D eigenvalue weighted by molar-refractivity contribution is 9.10. The monoisotopic (exact) mass is 431 g/mol. The molecule has 3 rings (SSSR count). The van der Waals surface area contributed by atoms with Gasteiger partial charge in [-0.25, -0.2) is 4.98 Å². The molecule has 0 atom stereocenters. The molecule has 0 radical (unpaired) electrons. The van der Waals surface area contributed by atoms with Crippen molar-refractivity contribution < 1.29 is 9.59 Å². The maximum Gasteiger partial charge on any atom is 0.189 e. The fraction of sp³-hybridized carbons (Fsp3) is 0.211. The zero-order chi connectivity index (χ0) is 18.8. The molecular formula is C19H18BrN3O2S. The van der Waals surface area contributed by atoms with Gasteiger partial charge in [0, 0.05) is 33.8 Å². The summed E-state index contributed by atoms with van der Waals surface area (Å²) in [5.74, 6) is 0.160. The van der Waals surface area contributed by atoms with E-state index in [1.165, 1.54) is 18.7 Å². The van der Waals surface area contributed by atoms with E-state index >= 15 is 0 Å². The molecule has 134 valence electrons. The van der Waals surface area contributed by atoms with Crippen LogP contribution >= 0.6 is 27.7 Å². The largest absolute Gasteiger partial charge is 0.355 e. The van der Waals surface area contributed by atoms with Crippen molar-refractivity contribution >= 4 is 39.3 Å². The zero-order valence-electron chi connectivity index (χ0n) is 14.7. The van der Waals surface area contributed by atoms with E-state index in [0.29, 0.717) is 11.3 Å². The van der Waals surface area contributed by atoms with Gasteiger partial charge in [0.15, 0.2) is 16.7 Å². The number of imidazole rings is 1. The zero-order valence-corrected chi connectivity index (χ0v) is 17.1. The minimum atomic E-state index is -0.0477. The van der Waals surface area contributed by atoms with Crippen LogP contribution in [0.1, 0.15) is 39.0 Å². The Morgan fingerprint density at radius 1 is 1.23 bits per heavy atom. The number of Topliss-reactive ketones (excluding diaryl/α,β-unsaturated/α-hetero) is 2. The van der Waals surface area contributed by atoms with Gasteiger partial charge >= 0.3 is 0 Å². The quantitative estimate of drug-likeness (QED) is 0.451. The topological polar surface area (TPSA) is 67.8 Å². The molecular weight excluding hydrogens is 414 g/mol. The van der Waals surface area contributed by atoms with E-state index in [1.807, 2.05) is 42.0 Å². The number of nitrogens with zero attached hydrogens (tertiary/aromatic N) is 2. The summed E-state index contributed by atoms with van der Waals surface area (Å²) in [6.45, 7) is 5.13. The smallest absolute Gasteiger partial charge is 0.189 e. The van der Waals surface area contributed by atoms with Gasteiger partial charge < -0.3 is 4.98 Å². The second-order valence-electron chi connectivity index (χ2n) is 5.95. The van der Waals surface area contributed by atoms with E-state index in [4.69, 9.17) is 0 Å². The number of carbonyl (C=O) groups is 2. The molecule has 0 aliphatic rings. The first-order chi connectivity index (χ1) is 12.4. The standard InChI is InChI=1S/C19H18BrN3O2S/c1-11-17(13(3)24)12(2)22-18(11)16(25)10-26-19-21-8-9-23(19)15-6-4-14(20)5-7-15/h4-9,22H,10H2,1-3H3. The molecule has 1 N–H and O–H groups in total. The molecule has 0 amide bonds. The third-order valence-electron chi connectivity index (χ3n) is 4.11. The van der Waals surface area contributed by atoms with Gasteiger partial charge in [-0.1, -0.05) is 27.7 Å². The van der Waals surface area contributed by atoms with Crippen LogP contribution in [-0.2, 0) is 0 Å². The molecule has 2 heterocycles.